The highest BCUT2D eigenvalue weighted by atomic mass is 16.5. The van der Waals surface area contributed by atoms with Gasteiger partial charge in [-0.2, -0.15) is 5.26 Å². The number of methoxy groups -OCH3 is 1. The molecule has 3 nitrogen and oxygen atoms in total. The maximum atomic E-state index is 9.11. The van der Waals surface area contributed by atoms with E-state index in [1.807, 2.05) is 18.2 Å². The Labute approximate surface area is 101 Å². The smallest absolute Gasteiger partial charge is 0.121 e. The van der Waals surface area contributed by atoms with Crippen LogP contribution >= 0.6 is 0 Å². The topological polar surface area (TPSA) is 45.9 Å². The van der Waals surface area contributed by atoms with Gasteiger partial charge in [-0.1, -0.05) is 13.8 Å². The van der Waals surface area contributed by atoms with E-state index in [1.54, 1.807) is 13.3 Å². The summed E-state index contributed by atoms with van der Waals surface area (Å²) < 4.78 is 5.17. The summed E-state index contributed by atoms with van der Waals surface area (Å²) in [6.07, 6.45) is 1.64. The van der Waals surface area contributed by atoms with Crippen molar-refractivity contribution in [1.82, 2.24) is 4.98 Å². The van der Waals surface area contributed by atoms with Crippen LogP contribution in [0.5, 0.6) is 5.75 Å². The summed E-state index contributed by atoms with van der Waals surface area (Å²) in [5.41, 5.74) is 2.57. The molecule has 0 spiro atoms. The van der Waals surface area contributed by atoms with Crippen molar-refractivity contribution in [3.05, 3.63) is 35.5 Å². The van der Waals surface area contributed by atoms with Gasteiger partial charge in [0.15, 0.2) is 0 Å². The lowest BCUT2D eigenvalue weighted by molar-refractivity contribution is 0.415. The molecule has 3 heteroatoms. The minimum atomic E-state index is 0.295. The average Bonchev–Trinajstić information content (AvgIpc) is 2.36. The Bertz CT molecular complexity index is 597. The van der Waals surface area contributed by atoms with Gasteiger partial charge in [0, 0.05) is 17.6 Å². The first-order valence-electron chi connectivity index (χ1n) is 5.54. The fourth-order valence-electron chi connectivity index (χ4n) is 2.03. The molecule has 2 aromatic rings. The molecule has 0 fully saturated rings. The Kier molecular flexibility index (Phi) is 2.97. The van der Waals surface area contributed by atoms with Gasteiger partial charge in [0.25, 0.3) is 0 Å². The zero-order valence-corrected chi connectivity index (χ0v) is 10.2. The summed E-state index contributed by atoms with van der Waals surface area (Å²) in [7, 11) is 1.63. The number of ether oxygens (including phenoxy) is 1. The molecule has 86 valence electrons. The van der Waals surface area contributed by atoms with Gasteiger partial charge in [-0.15, -0.1) is 0 Å². The van der Waals surface area contributed by atoms with Crippen molar-refractivity contribution in [2.45, 2.75) is 19.8 Å². The normalized spacial score (nSPS) is 10.5. The molecule has 0 amide bonds. The molecule has 0 unspecified atom stereocenters. The highest BCUT2D eigenvalue weighted by Crippen LogP contribution is 2.29. The van der Waals surface area contributed by atoms with Crippen LogP contribution in [0.4, 0.5) is 0 Å². The molecule has 0 N–H and O–H groups in total. The molecule has 0 aliphatic carbocycles. The fourth-order valence-corrected chi connectivity index (χ4v) is 2.03. The Morgan fingerprint density at radius 2 is 2.12 bits per heavy atom. The van der Waals surface area contributed by atoms with E-state index in [0.29, 0.717) is 11.5 Å². The van der Waals surface area contributed by atoms with Gasteiger partial charge in [-0.3, -0.25) is 4.98 Å². The van der Waals surface area contributed by atoms with E-state index < -0.39 is 0 Å². The van der Waals surface area contributed by atoms with E-state index in [4.69, 9.17) is 10.00 Å². The van der Waals surface area contributed by atoms with Crippen molar-refractivity contribution in [3.63, 3.8) is 0 Å². The molecule has 1 heterocycles. The number of hydrogen-bond donors (Lipinski definition) is 0. The number of hydrogen-bond acceptors (Lipinski definition) is 3. The largest absolute Gasteiger partial charge is 0.497 e. The van der Waals surface area contributed by atoms with E-state index in [9.17, 15) is 0 Å². The molecule has 1 aromatic heterocycles. The van der Waals surface area contributed by atoms with Gasteiger partial charge >= 0.3 is 0 Å². The van der Waals surface area contributed by atoms with Crippen molar-refractivity contribution in [2.24, 2.45) is 0 Å². The van der Waals surface area contributed by atoms with Gasteiger partial charge < -0.3 is 4.74 Å². The number of fused-ring (bicyclic) bond motifs is 1. The first-order chi connectivity index (χ1) is 8.17. The third-order valence-corrected chi connectivity index (χ3v) is 2.82. The summed E-state index contributed by atoms with van der Waals surface area (Å²) in [6.45, 7) is 4.17. The Morgan fingerprint density at radius 3 is 2.71 bits per heavy atom. The van der Waals surface area contributed by atoms with Crippen molar-refractivity contribution in [1.29, 1.82) is 5.26 Å². The zero-order valence-electron chi connectivity index (χ0n) is 10.2. The first-order valence-corrected chi connectivity index (χ1v) is 5.54. The maximum Gasteiger partial charge on any atom is 0.121 e. The number of aromatic nitrogens is 1. The standard InChI is InChI=1S/C14H14N2O/c1-9(2)14-10(7-15)8-16-13-6-11(17-3)4-5-12(13)14/h4-6,8-9H,1-3H3. The molecule has 2 rings (SSSR count). The molecule has 0 saturated carbocycles. The third-order valence-electron chi connectivity index (χ3n) is 2.82. The van der Waals surface area contributed by atoms with Crippen molar-refractivity contribution < 1.29 is 4.74 Å². The van der Waals surface area contributed by atoms with Gasteiger partial charge in [-0.25, -0.2) is 0 Å². The number of rotatable bonds is 2. The second kappa shape index (κ2) is 4.42. The summed E-state index contributed by atoms with van der Waals surface area (Å²) in [5, 5.41) is 10.1. The van der Waals surface area contributed by atoms with Crippen LogP contribution in [0.25, 0.3) is 10.9 Å². The molecule has 0 bridgehead atoms. The van der Waals surface area contributed by atoms with Crippen LogP contribution in [-0.2, 0) is 0 Å². The summed E-state index contributed by atoms with van der Waals surface area (Å²) in [5.74, 6) is 1.08. The molecular formula is C14H14N2O. The predicted molar refractivity (Wildman–Crippen MR) is 67.1 cm³/mol. The second-order valence-corrected chi connectivity index (χ2v) is 4.24. The van der Waals surface area contributed by atoms with Crippen LogP contribution < -0.4 is 4.74 Å². The molecule has 0 aliphatic heterocycles. The third kappa shape index (κ3) is 1.94. The molecular weight excluding hydrogens is 212 g/mol. The number of nitriles is 1. The summed E-state index contributed by atoms with van der Waals surface area (Å²) in [4.78, 5) is 4.30. The molecule has 0 aliphatic rings. The van der Waals surface area contributed by atoms with E-state index in [1.165, 1.54) is 0 Å². The molecule has 1 aromatic carbocycles. The van der Waals surface area contributed by atoms with Crippen molar-refractivity contribution in [3.8, 4) is 11.8 Å². The van der Waals surface area contributed by atoms with E-state index in [-0.39, 0.29) is 0 Å². The highest BCUT2D eigenvalue weighted by molar-refractivity contribution is 5.85. The second-order valence-electron chi connectivity index (χ2n) is 4.24. The van der Waals surface area contributed by atoms with Gasteiger partial charge in [0.2, 0.25) is 0 Å². The molecule has 17 heavy (non-hydrogen) atoms. The van der Waals surface area contributed by atoms with Gasteiger partial charge in [0.05, 0.1) is 18.2 Å². The SMILES string of the molecule is COc1ccc2c(C(C)C)c(C#N)cnc2c1. The minimum absolute atomic E-state index is 0.295. The lowest BCUT2D eigenvalue weighted by atomic mass is 9.94. The number of pyridine rings is 1. The van der Waals surface area contributed by atoms with Crippen molar-refractivity contribution >= 4 is 10.9 Å². The Balaban J connectivity index is 2.78. The Morgan fingerprint density at radius 1 is 1.35 bits per heavy atom. The van der Waals surface area contributed by atoms with Crippen LogP contribution in [0.3, 0.4) is 0 Å². The van der Waals surface area contributed by atoms with Gasteiger partial charge in [-0.05, 0) is 23.6 Å². The monoisotopic (exact) mass is 226 g/mol. The van der Waals surface area contributed by atoms with Crippen LogP contribution in [-0.4, -0.2) is 12.1 Å². The zero-order chi connectivity index (χ0) is 12.4. The lowest BCUT2D eigenvalue weighted by Crippen LogP contribution is -1.97. The van der Waals surface area contributed by atoms with Crippen LogP contribution in [0.2, 0.25) is 0 Å². The predicted octanol–water partition coefficient (Wildman–Crippen LogP) is 3.24. The van der Waals surface area contributed by atoms with Crippen molar-refractivity contribution in [2.75, 3.05) is 7.11 Å². The minimum Gasteiger partial charge on any atom is -0.497 e. The van der Waals surface area contributed by atoms with E-state index >= 15 is 0 Å². The summed E-state index contributed by atoms with van der Waals surface area (Å²) in [6, 6.07) is 7.96. The number of nitrogens with zero attached hydrogens (tertiary/aromatic N) is 2. The van der Waals surface area contributed by atoms with Crippen LogP contribution in [0, 0.1) is 11.3 Å². The number of benzene rings is 1. The Hall–Kier alpha value is -2.08. The van der Waals surface area contributed by atoms with Crippen LogP contribution in [0.1, 0.15) is 30.9 Å². The highest BCUT2D eigenvalue weighted by Gasteiger charge is 2.12. The molecule has 0 saturated heterocycles. The molecule has 0 radical (unpaired) electrons. The van der Waals surface area contributed by atoms with E-state index in [2.05, 4.69) is 24.9 Å². The maximum absolute atomic E-state index is 9.11. The average molecular weight is 226 g/mol. The first kappa shape index (κ1) is 11.4. The van der Waals surface area contributed by atoms with E-state index in [0.717, 1.165) is 22.2 Å². The molecule has 0 atom stereocenters. The quantitative estimate of drug-likeness (QED) is 0.789. The summed E-state index contributed by atoms with van der Waals surface area (Å²) >= 11 is 0. The van der Waals surface area contributed by atoms with Gasteiger partial charge in [0.1, 0.15) is 11.8 Å². The lowest BCUT2D eigenvalue weighted by Gasteiger charge is -2.12. The van der Waals surface area contributed by atoms with Crippen LogP contribution in [0.15, 0.2) is 24.4 Å². The fraction of sp³-hybridized carbons (Fsp3) is 0.286.